The SMILES string of the molecule is CCc1ccc(C(C)NC(=O)C(=O)NCCCNC=O)cc1. The van der Waals surface area contributed by atoms with Crippen LogP contribution in [0.2, 0.25) is 0 Å². The van der Waals surface area contributed by atoms with E-state index in [4.69, 9.17) is 0 Å². The van der Waals surface area contributed by atoms with Crippen LogP contribution < -0.4 is 16.0 Å². The lowest BCUT2D eigenvalue weighted by molar-refractivity contribution is -0.139. The molecule has 1 unspecified atom stereocenters. The third-order valence-corrected chi connectivity index (χ3v) is 3.31. The van der Waals surface area contributed by atoms with Crippen molar-refractivity contribution in [3.05, 3.63) is 35.4 Å². The fraction of sp³-hybridized carbons (Fsp3) is 0.438. The summed E-state index contributed by atoms with van der Waals surface area (Å²) < 4.78 is 0. The summed E-state index contributed by atoms with van der Waals surface area (Å²) in [6.07, 6.45) is 2.13. The second kappa shape index (κ2) is 9.55. The number of hydrogen-bond donors (Lipinski definition) is 3. The first-order chi connectivity index (χ1) is 10.6. The number of nitrogens with one attached hydrogen (secondary N) is 3. The number of carbonyl (C=O) groups is 3. The van der Waals surface area contributed by atoms with Crippen molar-refractivity contribution in [3.8, 4) is 0 Å². The molecule has 3 amide bonds. The standard InChI is InChI=1S/C16H23N3O3/c1-3-13-5-7-14(8-6-13)12(2)19-16(22)15(21)18-10-4-9-17-11-20/h5-8,11-12H,3-4,9-10H2,1-2H3,(H,17,20)(H,18,21)(H,19,22). The summed E-state index contributed by atoms with van der Waals surface area (Å²) in [7, 11) is 0. The van der Waals surface area contributed by atoms with Crippen LogP contribution in [0.1, 0.15) is 37.4 Å². The zero-order chi connectivity index (χ0) is 16.4. The molecule has 0 radical (unpaired) electrons. The molecule has 6 nitrogen and oxygen atoms in total. The van der Waals surface area contributed by atoms with Gasteiger partial charge in [0.05, 0.1) is 6.04 Å². The molecule has 1 aromatic rings. The van der Waals surface area contributed by atoms with Crippen LogP contribution in [0.4, 0.5) is 0 Å². The Morgan fingerprint density at radius 1 is 1.14 bits per heavy atom. The van der Waals surface area contributed by atoms with Crippen LogP contribution in [0.25, 0.3) is 0 Å². The molecule has 0 bridgehead atoms. The van der Waals surface area contributed by atoms with Gasteiger partial charge in [0.1, 0.15) is 0 Å². The van der Waals surface area contributed by atoms with Crippen LogP contribution in [0, 0.1) is 0 Å². The summed E-state index contributed by atoms with van der Waals surface area (Å²) in [5.74, 6) is -1.32. The summed E-state index contributed by atoms with van der Waals surface area (Å²) >= 11 is 0. The number of aryl methyl sites for hydroxylation is 1. The molecule has 6 heteroatoms. The molecule has 0 saturated carbocycles. The summed E-state index contributed by atoms with van der Waals surface area (Å²) in [5, 5.41) is 7.65. The van der Waals surface area contributed by atoms with Crippen LogP contribution in [0.3, 0.4) is 0 Å². The Morgan fingerprint density at radius 3 is 2.41 bits per heavy atom. The van der Waals surface area contributed by atoms with Crippen molar-refractivity contribution in [2.75, 3.05) is 13.1 Å². The fourth-order valence-electron chi connectivity index (χ4n) is 1.92. The number of hydrogen-bond acceptors (Lipinski definition) is 3. The van der Waals surface area contributed by atoms with E-state index in [0.29, 0.717) is 25.9 Å². The first kappa shape index (κ1) is 17.7. The van der Waals surface area contributed by atoms with E-state index >= 15 is 0 Å². The molecule has 120 valence electrons. The molecule has 22 heavy (non-hydrogen) atoms. The lowest BCUT2D eigenvalue weighted by Gasteiger charge is -2.14. The van der Waals surface area contributed by atoms with Gasteiger partial charge in [-0.3, -0.25) is 14.4 Å². The van der Waals surface area contributed by atoms with Crippen LogP contribution >= 0.6 is 0 Å². The molecule has 0 fully saturated rings. The third-order valence-electron chi connectivity index (χ3n) is 3.31. The second-order valence-corrected chi connectivity index (χ2v) is 4.97. The maximum Gasteiger partial charge on any atom is 0.309 e. The van der Waals surface area contributed by atoms with Gasteiger partial charge in [-0.25, -0.2) is 0 Å². The Kier molecular flexibility index (Phi) is 7.67. The number of benzene rings is 1. The topological polar surface area (TPSA) is 87.3 Å². The van der Waals surface area contributed by atoms with Gasteiger partial charge in [-0.1, -0.05) is 31.2 Å². The number of amides is 3. The molecule has 3 N–H and O–H groups in total. The lowest BCUT2D eigenvalue weighted by atomic mass is 10.1. The van der Waals surface area contributed by atoms with Crippen molar-refractivity contribution < 1.29 is 14.4 Å². The molecule has 1 rings (SSSR count). The van der Waals surface area contributed by atoms with Gasteiger partial charge in [0.25, 0.3) is 0 Å². The Balaban J connectivity index is 2.38. The predicted molar refractivity (Wildman–Crippen MR) is 84.1 cm³/mol. The average Bonchev–Trinajstić information content (AvgIpc) is 2.54. The smallest absolute Gasteiger partial charge is 0.309 e. The first-order valence-electron chi connectivity index (χ1n) is 7.43. The fourth-order valence-corrected chi connectivity index (χ4v) is 1.92. The minimum absolute atomic E-state index is 0.235. The van der Waals surface area contributed by atoms with Gasteiger partial charge in [-0.15, -0.1) is 0 Å². The van der Waals surface area contributed by atoms with Crippen molar-refractivity contribution >= 4 is 18.2 Å². The molecule has 1 atom stereocenters. The highest BCUT2D eigenvalue weighted by atomic mass is 16.2. The minimum atomic E-state index is -0.664. The lowest BCUT2D eigenvalue weighted by Crippen LogP contribution is -2.41. The molecule has 0 aliphatic heterocycles. The molecule has 0 heterocycles. The van der Waals surface area contributed by atoms with Crippen molar-refractivity contribution in [3.63, 3.8) is 0 Å². The van der Waals surface area contributed by atoms with E-state index in [1.165, 1.54) is 5.56 Å². The Labute approximate surface area is 130 Å². The van der Waals surface area contributed by atoms with Crippen molar-refractivity contribution in [1.82, 2.24) is 16.0 Å². The molecule has 0 saturated heterocycles. The van der Waals surface area contributed by atoms with Crippen LogP contribution in [-0.4, -0.2) is 31.3 Å². The maximum absolute atomic E-state index is 11.8. The Hall–Kier alpha value is -2.37. The summed E-state index contributed by atoms with van der Waals surface area (Å²) in [5.41, 5.74) is 2.18. The summed E-state index contributed by atoms with van der Waals surface area (Å²) in [4.78, 5) is 33.4. The van der Waals surface area contributed by atoms with E-state index in [1.807, 2.05) is 31.2 Å². The molecule has 0 spiro atoms. The molecular formula is C16H23N3O3. The van der Waals surface area contributed by atoms with Crippen molar-refractivity contribution in [1.29, 1.82) is 0 Å². The van der Waals surface area contributed by atoms with Crippen LogP contribution in [0.5, 0.6) is 0 Å². The van der Waals surface area contributed by atoms with E-state index in [2.05, 4.69) is 22.9 Å². The summed E-state index contributed by atoms with van der Waals surface area (Å²) in [6, 6.07) is 7.69. The van der Waals surface area contributed by atoms with Gasteiger partial charge < -0.3 is 16.0 Å². The normalized spacial score (nSPS) is 11.4. The predicted octanol–water partition coefficient (Wildman–Crippen LogP) is 0.679. The first-order valence-corrected chi connectivity index (χ1v) is 7.43. The Bertz CT molecular complexity index is 500. The van der Waals surface area contributed by atoms with Gasteiger partial charge in [0, 0.05) is 13.1 Å². The van der Waals surface area contributed by atoms with E-state index in [1.54, 1.807) is 0 Å². The Morgan fingerprint density at radius 2 is 1.82 bits per heavy atom. The van der Waals surface area contributed by atoms with E-state index in [-0.39, 0.29) is 6.04 Å². The summed E-state index contributed by atoms with van der Waals surface area (Å²) in [6.45, 7) is 4.72. The zero-order valence-electron chi connectivity index (χ0n) is 13.0. The monoisotopic (exact) mass is 305 g/mol. The highest BCUT2D eigenvalue weighted by Gasteiger charge is 2.16. The third kappa shape index (κ3) is 5.95. The van der Waals surface area contributed by atoms with E-state index in [9.17, 15) is 14.4 Å². The minimum Gasteiger partial charge on any atom is -0.359 e. The van der Waals surface area contributed by atoms with E-state index < -0.39 is 11.8 Å². The highest BCUT2D eigenvalue weighted by Crippen LogP contribution is 2.13. The maximum atomic E-state index is 11.8. The largest absolute Gasteiger partial charge is 0.359 e. The van der Waals surface area contributed by atoms with Gasteiger partial charge in [-0.05, 0) is 30.9 Å². The molecular weight excluding hydrogens is 282 g/mol. The molecule has 0 aliphatic rings. The van der Waals surface area contributed by atoms with Gasteiger partial charge in [0.2, 0.25) is 6.41 Å². The number of rotatable bonds is 8. The number of carbonyl (C=O) groups excluding carboxylic acids is 3. The van der Waals surface area contributed by atoms with Crippen LogP contribution in [-0.2, 0) is 20.8 Å². The van der Waals surface area contributed by atoms with Gasteiger partial charge in [-0.2, -0.15) is 0 Å². The average molecular weight is 305 g/mol. The van der Waals surface area contributed by atoms with Gasteiger partial charge in [0.15, 0.2) is 0 Å². The van der Waals surface area contributed by atoms with Crippen LogP contribution in [0.15, 0.2) is 24.3 Å². The highest BCUT2D eigenvalue weighted by molar-refractivity contribution is 6.35. The second-order valence-electron chi connectivity index (χ2n) is 4.97. The zero-order valence-corrected chi connectivity index (χ0v) is 13.0. The quantitative estimate of drug-likeness (QED) is 0.375. The molecule has 0 aromatic heterocycles. The van der Waals surface area contributed by atoms with Gasteiger partial charge >= 0.3 is 11.8 Å². The van der Waals surface area contributed by atoms with Crippen molar-refractivity contribution in [2.24, 2.45) is 0 Å². The van der Waals surface area contributed by atoms with Crippen molar-refractivity contribution in [2.45, 2.75) is 32.7 Å². The molecule has 1 aromatic carbocycles. The molecule has 0 aliphatic carbocycles. The van der Waals surface area contributed by atoms with E-state index in [0.717, 1.165) is 12.0 Å².